The summed E-state index contributed by atoms with van der Waals surface area (Å²) in [5.74, 6) is 0.820. The highest BCUT2D eigenvalue weighted by atomic mass is 79.9. The molecule has 0 atom stereocenters. The lowest BCUT2D eigenvalue weighted by Crippen LogP contribution is -2.18. The monoisotopic (exact) mass is 412 g/mol. The van der Waals surface area contributed by atoms with Crippen LogP contribution in [0.3, 0.4) is 0 Å². The third-order valence-electron chi connectivity index (χ3n) is 3.09. The van der Waals surface area contributed by atoms with Crippen molar-refractivity contribution >= 4 is 66.5 Å². The molecule has 0 saturated carbocycles. The Morgan fingerprint density at radius 2 is 2.27 bits per heavy atom. The maximum absolute atomic E-state index is 12.3. The van der Waals surface area contributed by atoms with E-state index in [0.717, 1.165) is 31.8 Å². The van der Waals surface area contributed by atoms with Crippen LogP contribution < -0.4 is 4.80 Å². The first-order valence-electron chi connectivity index (χ1n) is 6.59. The second kappa shape index (κ2) is 7.12. The van der Waals surface area contributed by atoms with Crippen LogP contribution >= 0.6 is 50.4 Å². The zero-order chi connectivity index (χ0) is 15.5. The molecule has 0 fully saturated rings. The highest BCUT2D eigenvalue weighted by Gasteiger charge is 2.10. The van der Waals surface area contributed by atoms with Crippen molar-refractivity contribution in [2.75, 3.05) is 12.0 Å². The molecule has 114 valence electrons. The fraction of sp³-hybridized carbons (Fsp3) is 0.200. The fourth-order valence-corrected chi connectivity index (χ4v) is 4.65. The molecule has 0 unspecified atom stereocenters. The number of carbonyl (C=O) groups is 1. The van der Waals surface area contributed by atoms with Gasteiger partial charge in [0, 0.05) is 16.8 Å². The SMILES string of the molecule is CSCCn1c(=NC(=O)c2cccs2)sc2cc(Br)ccc21. The minimum absolute atomic E-state index is 0.168. The number of thiazole rings is 1. The number of nitrogens with zero attached hydrogens (tertiary/aromatic N) is 2. The molecule has 0 aliphatic heterocycles. The van der Waals surface area contributed by atoms with E-state index in [2.05, 4.69) is 43.9 Å². The summed E-state index contributed by atoms with van der Waals surface area (Å²) in [6.45, 7) is 0.847. The molecular weight excluding hydrogens is 400 g/mol. The molecule has 3 nitrogen and oxygen atoms in total. The summed E-state index contributed by atoms with van der Waals surface area (Å²) >= 11 is 8.26. The van der Waals surface area contributed by atoms with Gasteiger partial charge in [-0.2, -0.15) is 16.8 Å². The van der Waals surface area contributed by atoms with E-state index in [1.807, 2.05) is 23.6 Å². The smallest absolute Gasteiger partial charge is 0.289 e. The number of amides is 1. The number of hydrogen-bond donors (Lipinski definition) is 0. The molecule has 0 N–H and O–H groups in total. The molecule has 0 saturated heterocycles. The van der Waals surface area contributed by atoms with Gasteiger partial charge in [-0.25, -0.2) is 0 Å². The number of thiophene rings is 1. The second-order valence-corrected chi connectivity index (χ2v) is 8.39. The lowest BCUT2D eigenvalue weighted by Gasteiger charge is -2.03. The van der Waals surface area contributed by atoms with Gasteiger partial charge in [-0.3, -0.25) is 4.79 Å². The third kappa shape index (κ3) is 3.37. The molecule has 0 radical (unpaired) electrons. The summed E-state index contributed by atoms with van der Waals surface area (Å²) < 4.78 is 4.30. The van der Waals surface area contributed by atoms with Crippen LogP contribution in [0.4, 0.5) is 0 Å². The van der Waals surface area contributed by atoms with Gasteiger partial charge >= 0.3 is 0 Å². The Labute approximate surface area is 148 Å². The second-order valence-electron chi connectivity index (χ2n) is 4.54. The standard InChI is InChI=1S/C15H13BrN2OS3/c1-20-8-6-18-11-5-4-10(16)9-13(11)22-15(18)17-14(19)12-3-2-7-21-12/h2-5,7,9H,6,8H2,1H3. The highest BCUT2D eigenvalue weighted by molar-refractivity contribution is 9.10. The summed E-state index contributed by atoms with van der Waals surface area (Å²) in [5.41, 5.74) is 1.12. The normalized spacial score (nSPS) is 12.2. The van der Waals surface area contributed by atoms with Crippen LogP contribution in [0, 0.1) is 0 Å². The predicted octanol–water partition coefficient (Wildman–Crippen LogP) is 4.63. The molecule has 1 amide bonds. The van der Waals surface area contributed by atoms with Crippen molar-refractivity contribution in [2.24, 2.45) is 4.99 Å². The number of aryl methyl sites for hydroxylation is 1. The number of thioether (sulfide) groups is 1. The van der Waals surface area contributed by atoms with Crippen molar-refractivity contribution in [3.63, 3.8) is 0 Å². The average molecular weight is 413 g/mol. The largest absolute Gasteiger partial charge is 0.316 e. The van der Waals surface area contributed by atoms with Crippen molar-refractivity contribution in [1.29, 1.82) is 0 Å². The number of rotatable bonds is 4. The third-order valence-corrected chi connectivity index (χ3v) is 6.08. The molecule has 3 aromatic rings. The maximum Gasteiger partial charge on any atom is 0.289 e. The lowest BCUT2D eigenvalue weighted by molar-refractivity contribution is 0.100. The van der Waals surface area contributed by atoms with Crippen molar-refractivity contribution in [1.82, 2.24) is 4.57 Å². The molecule has 7 heteroatoms. The van der Waals surface area contributed by atoms with E-state index in [1.54, 1.807) is 23.1 Å². The van der Waals surface area contributed by atoms with E-state index >= 15 is 0 Å². The van der Waals surface area contributed by atoms with Crippen molar-refractivity contribution in [3.8, 4) is 0 Å². The molecule has 1 aromatic carbocycles. The van der Waals surface area contributed by atoms with Gasteiger partial charge in [-0.15, -0.1) is 11.3 Å². The van der Waals surface area contributed by atoms with Gasteiger partial charge < -0.3 is 4.57 Å². The van der Waals surface area contributed by atoms with Gasteiger partial charge in [-0.05, 0) is 35.9 Å². The predicted molar refractivity (Wildman–Crippen MR) is 100 cm³/mol. The number of hydrogen-bond acceptors (Lipinski definition) is 4. The minimum atomic E-state index is -0.168. The van der Waals surface area contributed by atoms with Crippen LogP contribution in [0.2, 0.25) is 0 Å². The molecule has 2 aromatic heterocycles. The number of halogens is 1. The van der Waals surface area contributed by atoms with Gasteiger partial charge in [0.2, 0.25) is 0 Å². The van der Waals surface area contributed by atoms with Crippen molar-refractivity contribution in [3.05, 3.63) is 49.9 Å². The summed E-state index contributed by atoms with van der Waals surface area (Å²) in [6.07, 6.45) is 2.08. The van der Waals surface area contributed by atoms with E-state index in [9.17, 15) is 4.79 Å². The van der Waals surface area contributed by atoms with Gasteiger partial charge in [0.15, 0.2) is 4.80 Å². The van der Waals surface area contributed by atoms with Gasteiger partial charge in [0.25, 0.3) is 5.91 Å². The quantitative estimate of drug-likeness (QED) is 0.625. The Morgan fingerprint density at radius 1 is 1.41 bits per heavy atom. The molecular formula is C15H13BrN2OS3. The van der Waals surface area contributed by atoms with Crippen LogP contribution in [0.5, 0.6) is 0 Å². The first-order chi connectivity index (χ1) is 10.7. The molecule has 0 bridgehead atoms. The van der Waals surface area contributed by atoms with Crippen LogP contribution in [-0.2, 0) is 6.54 Å². The summed E-state index contributed by atoms with van der Waals surface area (Å²) in [7, 11) is 0. The van der Waals surface area contributed by atoms with E-state index in [1.165, 1.54) is 11.3 Å². The Hall–Kier alpha value is -0.890. The number of fused-ring (bicyclic) bond motifs is 1. The van der Waals surface area contributed by atoms with Gasteiger partial charge in [-0.1, -0.05) is 33.3 Å². The number of benzene rings is 1. The molecule has 0 spiro atoms. The van der Waals surface area contributed by atoms with E-state index < -0.39 is 0 Å². The van der Waals surface area contributed by atoms with Crippen LogP contribution in [0.15, 0.2) is 45.2 Å². The Morgan fingerprint density at radius 3 is 3.00 bits per heavy atom. The summed E-state index contributed by atoms with van der Waals surface area (Å²) in [4.78, 5) is 18.1. The van der Waals surface area contributed by atoms with Crippen molar-refractivity contribution < 1.29 is 4.79 Å². The van der Waals surface area contributed by atoms with Crippen LogP contribution in [-0.4, -0.2) is 22.5 Å². The zero-order valence-corrected chi connectivity index (χ0v) is 15.8. The lowest BCUT2D eigenvalue weighted by atomic mass is 10.3. The molecule has 22 heavy (non-hydrogen) atoms. The topological polar surface area (TPSA) is 34.4 Å². The van der Waals surface area contributed by atoms with E-state index in [0.29, 0.717) is 4.88 Å². The first-order valence-corrected chi connectivity index (χ1v) is 10.5. The average Bonchev–Trinajstić information content (AvgIpc) is 3.12. The molecule has 0 aliphatic rings. The van der Waals surface area contributed by atoms with Gasteiger partial charge in [0.05, 0.1) is 15.1 Å². The van der Waals surface area contributed by atoms with Crippen LogP contribution in [0.1, 0.15) is 9.67 Å². The van der Waals surface area contributed by atoms with Crippen LogP contribution in [0.25, 0.3) is 10.2 Å². The Bertz CT molecular complexity index is 865. The molecule has 2 heterocycles. The Balaban J connectivity index is 2.12. The van der Waals surface area contributed by atoms with Gasteiger partial charge in [0.1, 0.15) is 0 Å². The highest BCUT2D eigenvalue weighted by Crippen LogP contribution is 2.22. The number of carbonyl (C=O) groups excluding carboxylic acids is 1. The number of aromatic nitrogens is 1. The van der Waals surface area contributed by atoms with Crippen molar-refractivity contribution in [2.45, 2.75) is 6.54 Å². The van der Waals surface area contributed by atoms with E-state index in [4.69, 9.17) is 0 Å². The maximum atomic E-state index is 12.3. The minimum Gasteiger partial charge on any atom is -0.316 e. The molecule has 0 aliphatic carbocycles. The Kier molecular flexibility index (Phi) is 5.18. The first kappa shape index (κ1) is 16.0. The molecule has 3 rings (SSSR count). The summed E-state index contributed by atoms with van der Waals surface area (Å²) in [6, 6.07) is 9.86. The fourth-order valence-electron chi connectivity index (χ4n) is 2.07. The van der Waals surface area contributed by atoms with E-state index in [-0.39, 0.29) is 5.91 Å². The summed E-state index contributed by atoms with van der Waals surface area (Å²) in [5, 5.41) is 1.90. The zero-order valence-electron chi connectivity index (χ0n) is 11.8.